The number of hydrogen-bond acceptors (Lipinski definition) is 5. The molecular weight excluding hydrogens is 230 g/mol. The van der Waals surface area contributed by atoms with Gasteiger partial charge in [-0.2, -0.15) is 0 Å². The number of anilines is 1. The van der Waals surface area contributed by atoms with Crippen LogP contribution in [0, 0.1) is 13.8 Å². The van der Waals surface area contributed by atoms with Gasteiger partial charge in [0.25, 0.3) is 0 Å². The molecule has 0 spiro atoms. The van der Waals surface area contributed by atoms with Gasteiger partial charge in [-0.05, 0) is 25.5 Å². The smallest absolute Gasteiger partial charge is 0.134 e. The molecule has 1 atom stereocenters. The molecule has 18 heavy (non-hydrogen) atoms. The summed E-state index contributed by atoms with van der Waals surface area (Å²) in [6.45, 7) is 6.50. The van der Waals surface area contributed by atoms with Gasteiger partial charge in [-0.3, -0.25) is 0 Å². The lowest BCUT2D eigenvalue weighted by Crippen LogP contribution is -2.48. The average molecular weight is 251 g/mol. The Morgan fingerprint density at radius 2 is 2.33 bits per heavy atom. The molecule has 1 fully saturated rings. The fourth-order valence-electron chi connectivity index (χ4n) is 2.42. The minimum atomic E-state index is -0.0299. The summed E-state index contributed by atoms with van der Waals surface area (Å²) in [5.74, 6) is 0.900. The van der Waals surface area contributed by atoms with Crippen molar-refractivity contribution in [2.45, 2.75) is 26.4 Å². The summed E-state index contributed by atoms with van der Waals surface area (Å²) in [5.41, 5.74) is 9.02. The van der Waals surface area contributed by atoms with Crippen molar-refractivity contribution in [3.63, 3.8) is 0 Å². The fraction of sp³-hybridized carbons (Fsp3) is 0.615. The second-order valence-electron chi connectivity index (χ2n) is 4.69. The summed E-state index contributed by atoms with van der Waals surface area (Å²) in [7, 11) is 0. The van der Waals surface area contributed by atoms with Gasteiger partial charge in [0.15, 0.2) is 0 Å². The summed E-state index contributed by atoms with van der Waals surface area (Å²) < 4.78 is 5.40. The Hall–Kier alpha value is -1.17. The van der Waals surface area contributed by atoms with Crippen LogP contribution in [0.25, 0.3) is 0 Å². The van der Waals surface area contributed by atoms with Crippen LogP contribution >= 0.6 is 0 Å². The maximum Gasteiger partial charge on any atom is 0.134 e. The van der Waals surface area contributed by atoms with E-state index < -0.39 is 0 Å². The van der Waals surface area contributed by atoms with Crippen molar-refractivity contribution >= 4 is 5.82 Å². The monoisotopic (exact) mass is 251 g/mol. The van der Waals surface area contributed by atoms with Gasteiger partial charge < -0.3 is 20.5 Å². The van der Waals surface area contributed by atoms with E-state index in [1.54, 1.807) is 0 Å². The van der Waals surface area contributed by atoms with Gasteiger partial charge in [0.05, 0.1) is 25.9 Å². The molecule has 1 aliphatic heterocycles. The van der Waals surface area contributed by atoms with Crippen LogP contribution in [0.4, 0.5) is 5.82 Å². The number of hydrogen-bond donors (Lipinski definition) is 2. The zero-order valence-electron chi connectivity index (χ0n) is 11.0. The van der Waals surface area contributed by atoms with Gasteiger partial charge in [0.1, 0.15) is 5.82 Å². The SMILES string of the molecule is Cc1cc(C)c(CN)c(N2CCOCC2CO)n1. The molecule has 1 saturated heterocycles. The first kappa shape index (κ1) is 13.3. The van der Waals surface area contributed by atoms with E-state index in [2.05, 4.69) is 16.8 Å². The van der Waals surface area contributed by atoms with Crippen LogP contribution in [0.1, 0.15) is 16.8 Å². The molecule has 0 radical (unpaired) electrons. The van der Waals surface area contributed by atoms with Crippen LogP contribution in [-0.4, -0.2) is 42.5 Å². The van der Waals surface area contributed by atoms with E-state index in [1.807, 2.05) is 13.0 Å². The minimum absolute atomic E-state index is 0.0299. The van der Waals surface area contributed by atoms with Gasteiger partial charge in [0, 0.05) is 24.3 Å². The molecule has 3 N–H and O–H groups in total. The third-order valence-corrected chi connectivity index (χ3v) is 3.37. The third kappa shape index (κ3) is 2.48. The van der Waals surface area contributed by atoms with Crippen molar-refractivity contribution in [2.24, 2.45) is 5.73 Å². The summed E-state index contributed by atoms with van der Waals surface area (Å²) in [6.07, 6.45) is 0. The van der Waals surface area contributed by atoms with Gasteiger partial charge in [-0.25, -0.2) is 4.98 Å². The zero-order valence-corrected chi connectivity index (χ0v) is 11.0. The van der Waals surface area contributed by atoms with Crippen molar-refractivity contribution in [3.05, 3.63) is 22.9 Å². The second-order valence-corrected chi connectivity index (χ2v) is 4.69. The molecule has 0 aliphatic carbocycles. The molecular formula is C13H21N3O2. The first-order chi connectivity index (χ1) is 8.67. The Morgan fingerprint density at radius 3 is 3.00 bits per heavy atom. The number of nitrogens with two attached hydrogens (primary N) is 1. The van der Waals surface area contributed by atoms with Crippen molar-refractivity contribution in [1.29, 1.82) is 0 Å². The summed E-state index contributed by atoms with van der Waals surface area (Å²) >= 11 is 0. The molecule has 0 bridgehead atoms. The van der Waals surface area contributed by atoms with Gasteiger partial charge in [-0.15, -0.1) is 0 Å². The van der Waals surface area contributed by atoms with E-state index in [0.29, 0.717) is 19.8 Å². The van der Waals surface area contributed by atoms with E-state index in [4.69, 9.17) is 10.5 Å². The van der Waals surface area contributed by atoms with Crippen molar-refractivity contribution < 1.29 is 9.84 Å². The highest BCUT2D eigenvalue weighted by Gasteiger charge is 2.26. The molecule has 5 nitrogen and oxygen atoms in total. The molecule has 1 aromatic rings. The maximum absolute atomic E-state index is 9.44. The number of aryl methyl sites for hydroxylation is 2. The Balaban J connectivity index is 2.41. The molecule has 2 heterocycles. The van der Waals surface area contributed by atoms with Crippen molar-refractivity contribution in [3.8, 4) is 0 Å². The Labute approximate surface area is 108 Å². The van der Waals surface area contributed by atoms with E-state index in [0.717, 1.165) is 29.2 Å². The maximum atomic E-state index is 9.44. The third-order valence-electron chi connectivity index (χ3n) is 3.37. The lowest BCUT2D eigenvalue weighted by Gasteiger charge is -2.36. The highest BCUT2D eigenvalue weighted by Crippen LogP contribution is 2.25. The Kier molecular flexibility index (Phi) is 4.16. The van der Waals surface area contributed by atoms with Crippen LogP contribution in [-0.2, 0) is 11.3 Å². The van der Waals surface area contributed by atoms with Crippen LogP contribution in [0.15, 0.2) is 6.07 Å². The first-order valence-corrected chi connectivity index (χ1v) is 6.29. The van der Waals surface area contributed by atoms with E-state index in [9.17, 15) is 5.11 Å². The molecule has 1 aliphatic rings. The first-order valence-electron chi connectivity index (χ1n) is 6.29. The van der Waals surface area contributed by atoms with Crippen LogP contribution < -0.4 is 10.6 Å². The number of rotatable bonds is 3. The highest BCUT2D eigenvalue weighted by atomic mass is 16.5. The van der Waals surface area contributed by atoms with Crippen LogP contribution in [0.2, 0.25) is 0 Å². The minimum Gasteiger partial charge on any atom is -0.394 e. The zero-order chi connectivity index (χ0) is 13.1. The van der Waals surface area contributed by atoms with Gasteiger partial charge in [0.2, 0.25) is 0 Å². The summed E-state index contributed by atoms with van der Waals surface area (Å²) in [6, 6.07) is 2.01. The molecule has 100 valence electrons. The molecule has 1 unspecified atom stereocenters. The molecule has 2 rings (SSSR count). The number of morpholine rings is 1. The number of pyridine rings is 1. The average Bonchev–Trinajstić information content (AvgIpc) is 2.38. The normalized spacial score (nSPS) is 20.2. The number of ether oxygens (including phenoxy) is 1. The van der Waals surface area contributed by atoms with Crippen LogP contribution in [0.5, 0.6) is 0 Å². The number of aliphatic hydroxyl groups is 1. The van der Waals surface area contributed by atoms with Crippen LogP contribution in [0.3, 0.4) is 0 Å². The van der Waals surface area contributed by atoms with E-state index in [1.165, 1.54) is 0 Å². The topological polar surface area (TPSA) is 71.6 Å². The predicted molar refractivity (Wildman–Crippen MR) is 70.6 cm³/mol. The van der Waals surface area contributed by atoms with Crippen molar-refractivity contribution in [2.75, 3.05) is 31.3 Å². The van der Waals surface area contributed by atoms with Gasteiger partial charge >= 0.3 is 0 Å². The van der Waals surface area contributed by atoms with E-state index >= 15 is 0 Å². The van der Waals surface area contributed by atoms with Crippen molar-refractivity contribution in [1.82, 2.24) is 4.98 Å². The Morgan fingerprint density at radius 1 is 1.56 bits per heavy atom. The molecule has 5 heteroatoms. The van der Waals surface area contributed by atoms with Gasteiger partial charge in [-0.1, -0.05) is 0 Å². The lowest BCUT2D eigenvalue weighted by molar-refractivity contribution is 0.0721. The molecule has 0 saturated carbocycles. The fourth-order valence-corrected chi connectivity index (χ4v) is 2.42. The van der Waals surface area contributed by atoms with E-state index in [-0.39, 0.29) is 12.6 Å². The highest BCUT2D eigenvalue weighted by molar-refractivity contribution is 5.52. The summed E-state index contributed by atoms with van der Waals surface area (Å²) in [5, 5.41) is 9.44. The number of nitrogens with zero attached hydrogens (tertiary/aromatic N) is 2. The lowest BCUT2D eigenvalue weighted by atomic mass is 10.1. The molecule has 0 amide bonds. The molecule has 1 aromatic heterocycles. The standard InChI is InChI=1S/C13H21N3O2/c1-9-5-10(2)15-13(12(9)6-14)16-3-4-18-8-11(16)7-17/h5,11,17H,3-4,6-8,14H2,1-2H3. The largest absolute Gasteiger partial charge is 0.394 e. The Bertz CT molecular complexity index is 423. The molecule has 0 aromatic carbocycles. The second kappa shape index (κ2) is 5.65. The summed E-state index contributed by atoms with van der Waals surface area (Å²) in [4.78, 5) is 6.72. The predicted octanol–water partition coefficient (Wildman–Crippen LogP) is 0.355. The number of aromatic nitrogens is 1. The quantitative estimate of drug-likeness (QED) is 0.811. The number of aliphatic hydroxyl groups excluding tert-OH is 1.